The predicted molar refractivity (Wildman–Crippen MR) is 105 cm³/mol. The van der Waals surface area contributed by atoms with Crippen LogP contribution in [-0.2, 0) is 10.0 Å². The van der Waals surface area contributed by atoms with E-state index in [0.29, 0.717) is 23.5 Å². The Morgan fingerprint density at radius 2 is 1.84 bits per heavy atom. The fourth-order valence-electron chi connectivity index (χ4n) is 3.46. The van der Waals surface area contributed by atoms with E-state index in [4.69, 9.17) is 23.2 Å². The highest BCUT2D eigenvalue weighted by Gasteiger charge is 2.34. The number of benzene rings is 1. The number of hydrogen-bond donors (Lipinski definition) is 1. The van der Waals surface area contributed by atoms with E-state index in [-0.39, 0.29) is 22.3 Å². The van der Waals surface area contributed by atoms with Crippen molar-refractivity contribution < 1.29 is 8.42 Å². The molecule has 2 heterocycles. The predicted octanol–water partition coefficient (Wildman–Crippen LogP) is 2.72. The second kappa shape index (κ2) is 8.30. The second-order valence-electron chi connectivity index (χ2n) is 6.99. The number of halogens is 3. The first kappa shape index (κ1) is 21.2. The maximum Gasteiger partial charge on any atom is 0.243 e. The first-order valence-electron chi connectivity index (χ1n) is 8.18. The molecule has 5 nitrogen and oxygen atoms in total. The highest BCUT2D eigenvalue weighted by molar-refractivity contribution is 7.89. The van der Waals surface area contributed by atoms with Crippen LogP contribution in [0.2, 0.25) is 10.0 Å². The SMILES string of the molecule is CC1(CN2CCN(S(=O)(=O)c3ccc(Cl)c(Cl)c3)CC2)CCNC1.Cl. The van der Waals surface area contributed by atoms with Gasteiger partial charge in [-0.1, -0.05) is 30.1 Å². The fraction of sp³-hybridized carbons (Fsp3) is 0.625. The second-order valence-corrected chi connectivity index (χ2v) is 9.75. The molecule has 0 aromatic heterocycles. The van der Waals surface area contributed by atoms with Crippen molar-refractivity contribution in [3.63, 3.8) is 0 Å². The normalized spacial score (nSPS) is 25.7. The average Bonchev–Trinajstić information content (AvgIpc) is 2.96. The van der Waals surface area contributed by atoms with Gasteiger partial charge in [-0.15, -0.1) is 12.4 Å². The van der Waals surface area contributed by atoms with Gasteiger partial charge in [0, 0.05) is 39.3 Å². The minimum Gasteiger partial charge on any atom is -0.316 e. The third kappa shape index (κ3) is 4.80. The van der Waals surface area contributed by atoms with Crippen LogP contribution < -0.4 is 5.32 Å². The molecule has 9 heteroatoms. The summed E-state index contributed by atoms with van der Waals surface area (Å²) in [5, 5.41) is 4.03. The van der Waals surface area contributed by atoms with Gasteiger partial charge in [0.15, 0.2) is 0 Å². The number of sulfonamides is 1. The van der Waals surface area contributed by atoms with Gasteiger partial charge in [-0.25, -0.2) is 8.42 Å². The van der Waals surface area contributed by atoms with E-state index in [0.717, 1.165) is 32.7 Å². The van der Waals surface area contributed by atoms with Crippen LogP contribution in [-0.4, -0.2) is 63.4 Å². The summed E-state index contributed by atoms with van der Waals surface area (Å²) in [7, 11) is -3.52. The van der Waals surface area contributed by atoms with Crippen LogP contribution in [0.5, 0.6) is 0 Å². The van der Waals surface area contributed by atoms with Crippen LogP contribution in [0.1, 0.15) is 13.3 Å². The molecule has 2 fully saturated rings. The minimum atomic E-state index is -3.52. The lowest BCUT2D eigenvalue weighted by Crippen LogP contribution is -2.51. The highest BCUT2D eigenvalue weighted by atomic mass is 35.5. The number of hydrogen-bond acceptors (Lipinski definition) is 4. The van der Waals surface area contributed by atoms with Crippen molar-refractivity contribution in [2.24, 2.45) is 5.41 Å². The molecule has 2 saturated heterocycles. The number of nitrogens with one attached hydrogen (secondary N) is 1. The van der Waals surface area contributed by atoms with Gasteiger partial charge < -0.3 is 10.2 Å². The quantitative estimate of drug-likeness (QED) is 0.801. The monoisotopic (exact) mass is 427 g/mol. The molecule has 2 aliphatic rings. The third-order valence-electron chi connectivity index (χ3n) is 4.92. The van der Waals surface area contributed by atoms with Crippen molar-refractivity contribution in [3.05, 3.63) is 28.2 Å². The van der Waals surface area contributed by atoms with Crippen LogP contribution in [0, 0.1) is 5.41 Å². The highest BCUT2D eigenvalue weighted by Crippen LogP contribution is 2.28. The number of rotatable bonds is 4. The molecule has 2 aliphatic heterocycles. The van der Waals surface area contributed by atoms with E-state index in [1.807, 2.05) is 0 Å². The molecule has 142 valence electrons. The molecule has 25 heavy (non-hydrogen) atoms. The Hall–Kier alpha value is -0.0800. The van der Waals surface area contributed by atoms with Crippen molar-refractivity contribution in [1.29, 1.82) is 0 Å². The summed E-state index contributed by atoms with van der Waals surface area (Å²) >= 11 is 11.8. The molecule has 0 bridgehead atoms. The van der Waals surface area contributed by atoms with Gasteiger partial charge in [-0.3, -0.25) is 0 Å². The zero-order chi connectivity index (χ0) is 17.4. The third-order valence-corrected chi connectivity index (χ3v) is 7.56. The van der Waals surface area contributed by atoms with Gasteiger partial charge in [-0.05, 0) is 36.6 Å². The molecule has 0 amide bonds. The van der Waals surface area contributed by atoms with Gasteiger partial charge in [0.2, 0.25) is 10.0 Å². The molecular weight excluding hydrogens is 405 g/mol. The van der Waals surface area contributed by atoms with E-state index in [1.54, 1.807) is 0 Å². The van der Waals surface area contributed by atoms with Crippen LogP contribution in [0.15, 0.2) is 23.1 Å². The lowest BCUT2D eigenvalue weighted by atomic mass is 9.89. The molecule has 1 unspecified atom stereocenters. The minimum absolute atomic E-state index is 0. The Morgan fingerprint density at radius 1 is 1.16 bits per heavy atom. The summed E-state index contributed by atoms with van der Waals surface area (Å²) in [5.74, 6) is 0. The maximum atomic E-state index is 12.8. The number of piperazine rings is 1. The van der Waals surface area contributed by atoms with Crippen LogP contribution in [0.4, 0.5) is 0 Å². The van der Waals surface area contributed by atoms with Crippen molar-refractivity contribution in [2.45, 2.75) is 18.2 Å². The van der Waals surface area contributed by atoms with Gasteiger partial charge in [0.1, 0.15) is 0 Å². The summed E-state index contributed by atoms with van der Waals surface area (Å²) in [6, 6.07) is 4.47. The van der Waals surface area contributed by atoms with Crippen molar-refractivity contribution >= 4 is 45.6 Å². The first-order chi connectivity index (χ1) is 11.3. The fourth-order valence-corrected chi connectivity index (χ4v) is 5.27. The van der Waals surface area contributed by atoms with Gasteiger partial charge in [0.05, 0.1) is 14.9 Å². The molecule has 0 aliphatic carbocycles. The first-order valence-corrected chi connectivity index (χ1v) is 10.4. The van der Waals surface area contributed by atoms with E-state index >= 15 is 0 Å². The molecule has 0 saturated carbocycles. The molecule has 1 aromatic carbocycles. The molecule has 1 N–H and O–H groups in total. The summed E-state index contributed by atoms with van der Waals surface area (Å²) < 4.78 is 27.1. The molecule has 3 rings (SSSR count). The lowest BCUT2D eigenvalue weighted by Gasteiger charge is -2.38. The van der Waals surface area contributed by atoms with E-state index in [9.17, 15) is 8.42 Å². The van der Waals surface area contributed by atoms with Crippen LogP contribution in [0.25, 0.3) is 0 Å². The Labute approximate surface area is 166 Å². The Morgan fingerprint density at radius 3 is 2.40 bits per heavy atom. The summed E-state index contributed by atoms with van der Waals surface area (Å²) in [5.41, 5.74) is 0.296. The van der Waals surface area contributed by atoms with Gasteiger partial charge in [-0.2, -0.15) is 4.31 Å². The van der Waals surface area contributed by atoms with E-state index < -0.39 is 10.0 Å². The van der Waals surface area contributed by atoms with Crippen LogP contribution >= 0.6 is 35.6 Å². The molecule has 1 aromatic rings. The Balaban J connectivity index is 0.00000225. The van der Waals surface area contributed by atoms with E-state index in [2.05, 4.69) is 17.1 Å². The molecule has 1 atom stereocenters. The standard InChI is InChI=1S/C16H23Cl2N3O2S.ClH/c1-16(4-5-19-11-16)12-20-6-8-21(9-7-20)24(22,23)13-2-3-14(17)15(18)10-13;/h2-3,10,19H,4-9,11-12H2,1H3;1H. The Bertz CT molecular complexity index is 701. The maximum absolute atomic E-state index is 12.8. The molecular formula is C16H24Cl3N3O2S. The topological polar surface area (TPSA) is 52.7 Å². The van der Waals surface area contributed by atoms with Gasteiger partial charge >= 0.3 is 0 Å². The zero-order valence-electron chi connectivity index (χ0n) is 14.2. The summed E-state index contributed by atoms with van der Waals surface area (Å²) in [4.78, 5) is 2.57. The zero-order valence-corrected chi connectivity index (χ0v) is 17.3. The average molecular weight is 429 g/mol. The molecule has 0 spiro atoms. The van der Waals surface area contributed by atoms with Crippen LogP contribution in [0.3, 0.4) is 0 Å². The summed E-state index contributed by atoms with van der Waals surface area (Å²) in [6.07, 6.45) is 1.18. The van der Waals surface area contributed by atoms with Crippen molar-refractivity contribution in [2.75, 3.05) is 45.8 Å². The summed E-state index contributed by atoms with van der Waals surface area (Å²) in [6.45, 7) is 7.95. The van der Waals surface area contributed by atoms with E-state index in [1.165, 1.54) is 28.9 Å². The number of nitrogens with zero attached hydrogens (tertiary/aromatic N) is 2. The Kier molecular flexibility index (Phi) is 7.04. The largest absolute Gasteiger partial charge is 0.316 e. The lowest BCUT2D eigenvalue weighted by molar-refractivity contribution is 0.132. The van der Waals surface area contributed by atoms with Crippen molar-refractivity contribution in [3.8, 4) is 0 Å². The smallest absolute Gasteiger partial charge is 0.243 e. The van der Waals surface area contributed by atoms with Crippen molar-refractivity contribution in [1.82, 2.24) is 14.5 Å². The molecule has 0 radical (unpaired) electrons. The van der Waals surface area contributed by atoms with Gasteiger partial charge in [0.25, 0.3) is 0 Å².